The smallest absolute Gasteiger partial charge is 0.293 e. The Kier molecular flexibility index (Phi) is 4.21. The van der Waals surface area contributed by atoms with Gasteiger partial charge in [-0.15, -0.1) is 0 Å². The number of carbonyl (C=O) groups is 1. The third kappa shape index (κ3) is 3.18. The van der Waals surface area contributed by atoms with E-state index in [1.54, 1.807) is 0 Å². The Hall–Kier alpha value is -2.43. The number of carbonyl (C=O) groups excluding carboxylic acids is 1. The second-order valence-electron chi connectivity index (χ2n) is 5.14. The first-order valence-corrected chi connectivity index (χ1v) is 6.85. The molecule has 0 bridgehead atoms. The van der Waals surface area contributed by atoms with Gasteiger partial charge in [0.2, 0.25) is 0 Å². The summed E-state index contributed by atoms with van der Waals surface area (Å²) in [6.07, 6.45) is 1.97. The molecule has 5 heteroatoms. The van der Waals surface area contributed by atoms with E-state index in [4.69, 9.17) is 0 Å². The third-order valence-electron chi connectivity index (χ3n) is 3.47. The fourth-order valence-corrected chi connectivity index (χ4v) is 2.20. The van der Waals surface area contributed by atoms with Gasteiger partial charge in [-0.2, -0.15) is 0 Å². The van der Waals surface area contributed by atoms with Gasteiger partial charge in [0, 0.05) is 17.3 Å². The molecule has 0 radical (unpaired) electrons. The minimum Gasteiger partial charge on any atom is -0.293 e. The molecule has 0 aliphatic rings. The van der Waals surface area contributed by atoms with Gasteiger partial charge in [0.15, 0.2) is 5.78 Å². The number of H-pyrrole nitrogens is 1. The van der Waals surface area contributed by atoms with E-state index in [0.717, 1.165) is 11.1 Å². The molecule has 0 aliphatic heterocycles. The van der Waals surface area contributed by atoms with E-state index in [1.165, 1.54) is 10.8 Å². The lowest BCUT2D eigenvalue weighted by Gasteiger charge is -2.09. The van der Waals surface area contributed by atoms with Gasteiger partial charge in [0.25, 0.3) is 5.56 Å². The van der Waals surface area contributed by atoms with Crippen LogP contribution in [0, 0.1) is 13.8 Å². The van der Waals surface area contributed by atoms with Crippen molar-refractivity contribution in [2.45, 2.75) is 33.7 Å². The van der Waals surface area contributed by atoms with Crippen LogP contribution < -0.4 is 11.2 Å². The number of hydrogen-bond acceptors (Lipinski definition) is 3. The summed E-state index contributed by atoms with van der Waals surface area (Å²) in [6.45, 7) is 5.52. The summed E-state index contributed by atoms with van der Waals surface area (Å²) in [7, 11) is 0. The summed E-state index contributed by atoms with van der Waals surface area (Å²) in [6, 6.07) is 5.64. The van der Waals surface area contributed by atoms with Crippen LogP contribution >= 0.6 is 0 Å². The zero-order valence-corrected chi connectivity index (χ0v) is 12.4. The van der Waals surface area contributed by atoms with Crippen LogP contribution in [-0.2, 0) is 13.0 Å². The summed E-state index contributed by atoms with van der Waals surface area (Å²) < 4.78 is 1.25. The first-order chi connectivity index (χ1) is 9.92. The highest BCUT2D eigenvalue weighted by Crippen LogP contribution is 2.12. The number of aromatic nitrogens is 2. The number of ketones is 1. The standard InChI is InChI=1S/C16H18N2O3/c1-4-12-8-18(16(21)17-15(12)20)9-14(19)13-7-10(2)5-6-11(13)3/h5-8H,4,9H2,1-3H3,(H,17,20,21). The van der Waals surface area contributed by atoms with Gasteiger partial charge in [-0.05, 0) is 31.9 Å². The Labute approximate surface area is 122 Å². The number of aryl methyl sites for hydroxylation is 3. The Bertz CT molecular complexity index is 800. The van der Waals surface area contributed by atoms with Gasteiger partial charge in [0.1, 0.15) is 0 Å². The van der Waals surface area contributed by atoms with Crippen molar-refractivity contribution >= 4 is 5.78 Å². The molecule has 5 nitrogen and oxygen atoms in total. The van der Waals surface area contributed by atoms with Crippen LogP contribution in [0.1, 0.15) is 34.0 Å². The van der Waals surface area contributed by atoms with Crippen molar-refractivity contribution in [1.82, 2.24) is 9.55 Å². The highest BCUT2D eigenvalue weighted by Gasteiger charge is 2.12. The second-order valence-corrected chi connectivity index (χ2v) is 5.14. The van der Waals surface area contributed by atoms with Gasteiger partial charge in [-0.25, -0.2) is 4.79 Å². The lowest BCUT2D eigenvalue weighted by molar-refractivity contribution is 0.0969. The summed E-state index contributed by atoms with van der Waals surface area (Å²) in [5, 5.41) is 0. The number of Topliss-reactive ketones (excluding diaryl/α,β-unsaturated/α-hetero) is 1. The van der Waals surface area contributed by atoms with E-state index in [0.29, 0.717) is 17.5 Å². The van der Waals surface area contributed by atoms with Crippen LogP contribution in [-0.4, -0.2) is 15.3 Å². The van der Waals surface area contributed by atoms with Crippen molar-refractivity contribution in [3.63, 3.8) is 0 Å². The molecule has 0 atom stereocenters. The molecular formula is C16H18N2O3. The molecule has 0 unspecified atom stereocenters. The Morgan fingerprint density at radius 2 is 1.95 bits per heavy atom. The topological polar surface area (TPSA) is 71.9 Å². The van der Waals surface area contributed by atoms with Crippen molar-refractivity contribution in [2.24, 2.45) is 0 Å². The lowest BCUT2D eigenvalue weighted by Crippen LogP contribution is -2.33. The van der Waals surface area contributed by atoms with Crippen LogP contribution in [0.2, 0.25) is 0 Å². The first-order valence-electron chi connectivity index (χ1n) is 6.85. The van der Waals surface area contributed by atoms with Crippen LogP contribution in [0.5, 0.6) is 0 Å². The Balaban J connectivity index is 2.38. The van der Waals surface area contributed by atoms with E-state index in [9.17, 15) is 14.4 Å². The van der Waals surface area contributed by atoms with E-state index < -0.39 is 11.2 Å². The van der Waals surface area contributed by atoms with Gasteiger partial charge in [0.05, 0.1) is 6.54 Å². The maximum Gasteiger partial charge on any atom is 0.328 e. The van der Waals surface area contributed by atoms with Crippen molar-refractivity contribution in [2.75, 3.05) is 0 Å². The van der Waals surface area contributed by atoms with Crippen LogP contribution in [0.4, 0.5) is 0 Å². The minimum atomic E-state index is -0.559. The number of hydrogen-bond donors (Lipinski definition) is 1. The zero-order chi connectivity index (χ0) is 15.6. The predicted molar refractivity (Wildman–Crippen MR) is 80.9 cm³/mol. The fourth-order valence-electron chi connectivity index (χ4n) is 2.20. The molecule has 110 valence electrons. The van der Waals surface area contributed by atoms with Gasteiger partial charge < -0.3 is 0 Å². The summed E-state index contributed by atoms with van der Waals surface area (Å²) in [5.41, 5.74) is 2.01. The molecule has 0 spiro atoms. The average Bonchev–Trinajstić information content (AvgIpc) is 2.44. The van der Waals surface area contributed by atoms with Crippen molar-refractivity contribution in [3.05, 3.63) is 67.5 Å². The van der Waals surface area contributed by atoms with E-state index in [1.807, 2.05) is 39.0 Å². The maximum absolute atomic E-state index is 12.4. The van der Waals surface area contributed by atoms with E-state index in [2.05, 4.69) is 4.98 Å². The minimum absolute atomic E-state index is 0.0765. The second kappa shape index (κ2) is 5.91. The van der Waals surface area contributed by atoms with Crippen molar-refractivity contribution in [1.29, 1.82) is 0 Å². The highest BCUT2D eigenvalue weighted by molar-refractivity contribution is 5.97. The molecule has 0 amide bonds. The number of rotatable bonds is 4. The van der Waals surface area contributed by atoms with Gasteiger partial charge >= 0.3 is 5.69 Å². The van der Waals surface area contributed by atoms with Crippen LogP contribution in [0.3, 0.4) is 0 Å². The molecule has 0 aliphatic carbocycles. The third-order valence-corrected chi connectivity index (χ3v) is 3.47. The molecule has 21 heavy (non-hydrogen) atoms. The number of aromatic amines is 1. The largest absolute Gasteiger partial charge is 0.328 e. The van der Waals surface area contributed by atoms with Crippen LogP contribution in [0.25, 0.3) is 0 Å². The van der Waals surface area contributed by atoms with Gasteiger partial charge in [-0.1, -0.05) is 24.6 Å². The molecule has 1 N–H and O–H groups in total. The fraction of sp³-hybridized carbons (Fsp3) is 0.312. The van der Waals surface area contributed by atoms with Crippen molar-refractivity contribution < 1.29 is 4.79 Å². The van der Waals surface area contributed by atoms with E-state index >= 15 is 0 Å². The van der Waals surface area contributed by atoms with Gasteiger partial charge in [-0.3, -0.25) is 19.1 Å². The summed E-state index contributed by atoms with van der Waals surface area (Å²) in [4.78, 5) is 37.9. The predicted octanol–water partition coefficient (Wildman–Crippen LogP) is 1.60. The van der Waals surface area contributed by atoms with Crippen molar-refractivity contribution in [3.8, 4) is 0 Å². The molecule has 1 aromatic carbocycles. The molecule has 0 saturated heterocycles. The SMILES string of the molecule is CCc1cn(CC(=O)c2cc(C)ccc2C)c(=O)[nH]c1=O. The van der Waals surface area contributed by atoms with Crippen LogP contribution in [0.15, 0.2) is 34.0 Å². The zero-order valence-electron chi connectivity index (χ0n) is 12.4. The molecular weight excluding hydrogens is 268 g/mol. The normalized spacial score (nSPS) is 10.6. The molecule has 0 fully saturated rings. The molecule has 2 rings (SSSR count). The highest BCUT2D eigenvalue weighted by atomic mass is 16.2. The summed E-state index contributed by atoms with van der Waals surface area (Å²) >= 11 is 0. The quantitative estimate of drug-likeness (QED) is 0.868. The molecule has 1 aromatic heterocycles. The number of nitrogens with zero attached hydrogens (tertiary/aromatic N) is 1. The molecule has 0 saturated carbocycles. The monoisotopic (exact) mass is 286 g/mol. The van der Waals surface area contributed by atoms with E-state index in [-0.39, 0.29) is 12.3 Å². The summed E-state index contributed by atoms with van der Waals surface area (Å²) in [5.74, 6) is -0.146. The lowest BCUT2D eigenvalue weighted by atomic mass is 10.0. The number of nitrogens with one attached hydrogen (secondary N) is 1. The Morgan fingerprint density at radius 1 is 1.24 bits per heavy atom. The first kappa shape index (κ1) is 15.0. The number of benzene rings is 1. The molecule has 1 heterocycles. The average molecular weight is 286 g/mol. The molecule has 2 aromatic rings. The Morgan fingerprint density at radius 3 is 2.62 bits per heavy atom. The maximum atomic E-state index is 12.4.